The molecule has 2 aliphatic heterocycles. The predicted molar refractivity (Wildman–Crippen MR) is 142 cm³/mol. The van der Waals surface area contributed by atoms with Gasteiger partial charge in [-0.15, -0.1) is 18.5 Å². The van der Waals surface area contributed by atoms with Crippen LogP contribution in [0.5, 0.6) is 23.0 Å². The molecule has 2 atom stereocenters. The van der Waals surface area contributed by atoms with E-state index < -0.39 is 0 Å². The van der Waals surface area contributed by atoms with Crippen molar-refractivity contribution in [3.63, 3.8) is 0 Å². The number of fused-ring (bicyclic) bond motifs is 2. The van der Waals surface area contributed by atoms with Gasteiger partial charge in [0, 0.05) is 31.5 Å². The predicted octanol–water partition coefficient (Wildman–Crippen LogP) is 3.51. The van der Waals surface area contributed by atoms with Gasteiger partial charge >= 0.3 is 0 Å². The van der Waals surface area contributed by atoms with Gasteiger partial charge in [-0.3, -0.25) is 0 Å². The zero-order valence-electron chi connectivity index (χ0n) is 18.6. The molecule has 6 rings (SSSR count). The van der Waals surface area contributed by atoms with E-state index in [1.807, 2.05) is 36.4 Å². The summed E-state index contributed by atoms with van der Waals surface area (Å²) in [5.41, 5.74) is 4.49. The van der Waals surface area contributed by atoms with E-state index in [2.05, 4.69) is 67.0 Å². The Hall–Kier alpha value is -2.48. The summed E-state index contributed by atoms with van der Waals surface area (Å²) in [4.78, 5) is 0. The van der Waals surface area contributed by atoms with Crippen LogP contribution in [0.3, 0.4) is 0 Å². The van der Waals surface area contributed by atoms with Crippen molar-refractivity contribution in [2.75, 3.05) is 13.6 Å². The minimum absolute atomic E-state index is 0. The second kappa shape index (κ2) is 13.0. The summed E-state index contributed by atoms with van der Waals surface area (Å²) in [6, 6.07) is 28.6. The van der Waals surface area contributed by atoms with Crippen molar-refractivity contribution in [3.05, 3.63) is 84.9 Å². The molecule has 0 saturated carbocycles. The van der Waals surface area contributed by atoms with Crippen molar-refractivity contribution in [3.8, 4) is 45.3 Å². The van der Waals surface area contributed by atoms with Gasteiger partial charge in [0.05, 0.1) is 0 Å². The van der Waals surface area contributed by atoms with Crippen LogP contribution in [0.4, 0.5) is 0 Å². The summed E-state index contributed by atoms with van der Waals surface area (Å²) in [6.07, 6.45) is 0. The molecule has 9 heteroatoms. The second-order valence-corrected chi connectivity index (χ2v) is 8.50. The van der Waals surface area contributed by atoms with E-state index in [1.165, 1.54) is 11.1 Å². The molecular formula is C26H26O6P2Pd. The van der Waals surface area contributed by atoms with Gasteiger partial charge in [0.1, 0.15) is 0 Å². The molecule has 2 aliphatic rings. The first kappa shape index (κ1) is 28.8. The summed E-state index contributed by atoms with van der Waals surface area (Å²) in [5.74, 6) is 3.02. The van der Waals surface area contributed by atoms with Crippen LogP contribution in [0, 0.1) is 0 Å². The van der Waals surface area contributed by atoms with Crippen LogP contribution in [0.1, 0.15) is 0 Å². The third-order valence-corrected chi connectivity index (χ3v) is 6.24. The molecule has 186 valence electrons. The van der Waals surface area contributed by atoms with Gasteiger partial charge in [0.25, 0.3) is 0 Å². The van der Waals surface area contributed by atoms with Crippen LogP contribution in [0.2, 0.25) is 0 Å². The van der Waals surface area contributed by atoms with E-state index >= 15 is 0 Å². The molecule has 0 radical (unpaired) electrons. The molecule has 0 fully saturated rings. The molecule has 0 aliphatic carbocycles. The van der Waals surface area contributed by atoms with E-state index in [-0.39, 0.29) is 45.0 Å². The fraction of sp³-hybridized carbons (Fsp3) is 0.0769. The first-order chi connectivity index (χ1) is 15.7. The Morgan fingerprint density at radius 3 is 1.23 bits per heavy atom. The third-order valence-electron chi connectivity index (χ3n) is 5.27. The molecule has 2 heterocycles. The van der Waals surface area contributed by atoms with Gasteiger partial charge in [-0.2, -0.15) is 0 Å². The van der Waals surface area contributed by atoms with Crippen LogP contribution in [-0.4, -0.2) is 24.5 Å². The number of ether oxygens (including phenoxy) is 4. The molecule has 0 saturated heterocycles. The molecule has 0 bridgehead atoms. The van der Waals surface area contributed by atoms with Crippen molar-refractivity contribution in [2.45, 2.75) is 0 Å². The Kier molecular flexibility index (Phi) is 10.7. The van der Waals surface area contributed by atoms with Crippen molar-refractivity contribution in [1.82, 2.24) is 0 Å². The summed E-state index contributed by atoms with van der Waals surface area (Å²) < 4.78 is 22.2. The zero-order chi connectivity index (χ0) is 21.9. The topological polar surface area (TPSA) is 99.9 Å². The van der Waals surface area contributed by atoms with Crippen molar-refractivity contribution in [2.24, 2.45) is 0 Å². The Bertz CT molecular complexity index is 1160. The van der Waals surface area contributed by atoms with Crippen molar-refractivity contribution >= 4 is 29.1 Å². The molecule has 35 heavy (non-hydrogen) atoms. The number of rotatable bonds is 2. The number of hydrogen-bond acceptors (Lipinski definition) is 4. The Balaban J connectivity index is 0.000000252. The molecule has 0 aromatic heterocycles. The zero-order valence-corrected chi connectivity index (χ0v) is 22.5. The smallest absolute Gasteiger partial charge is 0.231 e. The van der Waals surface area contributed by atoms with Gasteiger partial charge in [-0.05, 0) is 33.9 Å². The van der Waals surface area contributed by atoms with Crippen molar-refractivity contribution < 1.29 is 50.3 Å². The SMILES string of the molecule is O.O.Pc1ccc2c(c1-c1c(P)ccc3c1OCO3)OCO2.[Pd].c1ccc(-c2ccccc2)cc1. The fourth-order valence-electron chi connectivity index (χ4n) is 3.75. The van der Waals surface area contributed by atoms with E-state index in [1.54, 1.807) is 0 Å². The Morgan fingerprint density at radius 2 is 0.857 bits per heavy atom. The van der Waals surface area contributed by atoms with Gasteiger partial charge in [-0.1, -0.05) is 72.8 Å². The fourth-order valence-corrected chi connectivity index (χ4v) is 4.50. The molecule has 2 unspecified atom stereocenters. The molecule has 0 spiro atoms. The summed E-state index contributed by atoms with van der Waals surface area (Å²) in [5, 5.41) is 2.06. The number of hydrogen-bond donors (Lipinski definition) is 0. The Labute approximate surface area is 222 Å². The second-order valence-electron chi connectivity index (χ2n) is 7.26. The van der Waals surface area contributed by atoms with Crippen LogP contribution < -0.4 is 29.6 Å². The standard InChI is InChI=1S/C14H12O4P2.C12H10.2H2O.Pd/c19-9-3-1-7-13(17-5-15-7)11(9)12-10(20)4-2-8-14(12)18-6-16-8;1-3-7-11(8-4-1)12-9-5-2-6-10-12;;;/h1-4H,5-6,19-20H2;1-10H;2*1H2;. The van der Waals surface area contributed by atoms with Crippen LogP contribution >= 0.6 is 18.5 Å². The maximum Gasteiger partial charge on any atom is 0.231 e. The molecular weight excluding hydrogens is 577 g/mol. The average Bonchev–Trinajstić information content (AvgIpc) is 3.51. The molecule has 4 N–H and O–H groups in total. The van der Waals surface area contributed by atoms with Gasteiger partial charge in [0.2, 0.25) is 13.6 Å². The summed E-state index contributed by atoms with van der Waals surface area (Å²) in [6.45, 7) is 0.490. The minimum atomic E-state index is 0. The minimum Gasteiger partial charge on any atom is -0.454 e. The monoisotopic (exact) mass is 602 g/mol. The van der Waals surface area contributed by atoms with E-state index in [0.29, 0.717) is 0 Å². The molecule has 6 nitrogen and oxygen atoms in total. The van der Waals surface area contributed by atoms with Gasteiger partial charge in [0.15, 0.2) is 23.0 Å². The maximum absolute atomic E-state index is 5.64. The third kappa shape index (κ3) is 6.03. The molecule has 0 amide bonds. The average molecular weight is 603 g/mol. The van der Waals surface area contributed by atoms with Crippen LogP contribution in [-0.2, 0) is 20.4 Å². The summed E-state index contributed by atoms with van der Waals surface area (Å²) in [7, 11) is 5.47. The van der Waals surface area contributed by atoms with E-state index in [0.717, 1.165) is 44.7 Å². The van der Waals surface area contributed by atoms with Gasteiger partial charge < -0.3 is 29.9 Å². The van der Waals surface area contributed by atoms with Crippen LogP contribution in [0.25, 0.3) is 22.3 Å². The quantitative estimate of drug-likeness (QED) is 0.259. The maximum atomic E-state index is 5.64. The van der Waals surface area contributed by atoms with E-state index in [9.17, 15) is 0 Å². The normalized spacial score (nSPS) is 11.7. The largest absolute Gasteiger partial charge is 0.454 e. The van der Waals surface area contributed by atoms with Crippen molar-refractivity contribution in [1.29, 1.82) is 0 Å². The molecule has 4 aromatic rings. The van der Waals surface area contributed by atoms with Crippen LogP contribution in [0.15, 0.2) is 84.9 Å². The number of benzene rings is 4. The first-order valence-corrected chi connectivity index (χ1v) is 11.3. The summed E-state index contributed by atoms with van der Waals surface area (Å²) >= 11 is 0. The Morgan fingerprint density at radius 1 is 0.486 bits per heavy atom. The molecule has 4 aromatic carbocycles. The first-order valence-electron chi connectivity index (χ1n) is 10.2. The van der Waals surface area contributed by atoms with E-state index in [4.69, 9.17) is 18.9 Å². The van der Waals surface area contributed by atoms with Gasteiger partial charge in [-0.25, -0.2) is 0 Å².